The molecule has 1 aliphatic carbocycles. The van der Waals surface area contributed by atoms with Crippen LogP contribution in [0, 0.1) is 12.7 Å². The lowest BCUT2D eigenvalue weighted by Gasteiger charge is -2.35. The van der Waals surface area contributed by atoms with Crippen molar-refractivity contribution in [1.29, 1.82) is 0 Å². The van der Waals surface area contributed by atoms with E-state index in [1.165, 1.54) is 67.6 Å². The molecule has 1 nitrogen and oxygen atoms in total. The van der Waals surface area contributed by atoms with Crippen LogP contribution in [0.15, 0.2) is 72.8 Å². The van der Waals surface area contributed by atoms with Crippen molar-refractivity contribution in [3.63, 3.8) is 0 Å². The summed E-state index contributed by atoms with van der Waals surface area (Å²) < 4.78 is 13.3. The van der Waals surface area contributed by atoms with Crippen LogP contribution < -0.4 is 0 Å². The minimum atomic E-state index is -0.177. The van der Waals surface area contributed by atoms with E-state index >= 15 is 0 Å². The van der Waals surface area contributed by atoms with Crippen LogP contribution >= 0.6 is 0 Å². The molecule has 0 radical (unpaired) electrons. The molecule has 2 aliphatic rings. The van der Waals surface area contributed by atoms with Gasteiger partial charge in [-0.1, -0.05) is 60.7 Å². The van der Waals surface area contributed by atoms with Gasteiger partial charge in [-0.2, -0.15) is 0 Å². The third-order valence-corrected chi connectivity index (χ3v) is 7.32. The lowest BCUT2D eigenvalue weighted by Crippen LogP contribution is -2.38. The quantitative estimate of drug-likeness (QED) is 0.461. The molecule has 0 atom stereocenters. The van der Waals surface area contributed by atoms with E-state index in [1.807, 2.05) is 12.1 Å². The summed E-state index contributed by atoms with van der Waals surface area (Å²) in [6.45, 7) is 5.80. The van der Waals surface area contributed by atoms with E-state index in [-0.39, 0.29) is 5.82 Å². The number of hydrogen-bond acceptors (Lipinski definition) is 1. The zero-order valence-electron chi connectivity index (χ0n) is 17.8. The highest BCUT2D eigenvalue weighted by molar-refractivity contribution is 5.68. The summed E-state index contributed by atoms with van der Waals surface area (Å²) in [6, 6.07) is 24.6. The molecule has 2 heteroatoms. The summed E-state index contributed by atoms with van der Waals surface area (Å²) >= 11 is 0. The first-order chi connectivity index (χ1) is 14.6. The number of benzene rings is 3. The summed E-state index contributed by atoms with van der Waals surface area (Å²) in [5.41, 5.74) is 7.09. The molecule has 0 bridgehead atoms. The van der Waals surface area contributed by atoms with Gasteiger partial charge in [-0.15, -0.1) is 0 Å². The molecule has 1 saturated carbocycles. The molecule has 2 fully saturated rings. The fraction of sp³-hybridized carbons (Fsp3) is 0.357. The lowest BCUT2D eigenvalue weighted by atomic mass is 9.83. The molecule has 1 aliphatic heterocycles. The molecule has 3 aromatic carbocycles. The van der Waals surface area contributed by atoms with Crippen molar-refractivity contribution in [2.24, 2.45) is 0 Å². The van der Waals surface area contributed by atoms with E-state index in [4.69, 9.17) is 0 Å². The van der Waals surface area contributed by atoms with Crippen LogP contribution in [-0.4, -0.2) is 24.5 Å². The Hall–Kier alpha value is -2.45. The normalized spacial score (nSPS) is 19.0. The van der Waals surface area contributed by atoms with Gasteiger partial charge >= 0.3 is 0 Å². The summed E-state index contributed by atoms with van der Waals surface area (Å²) in [5.74, 6) is 0.442. The Labute approximate surface area is 179 Å². The van der Waals surface area contributed by atoms with Crippen LogP contribution in [0.1, 0.15) is 48.3 Å². The van der Waals surface area contributed by atoms with Gasteiger partial charge in [-0.3, -0.25) is 0 Å². The Bertz CT molecular complexity index is 997. The van der Waals surface area contributed by atoms with Crippen molar-refractivity contribution < 1.29 is 4.39 Å². The second-order valence-corrected chi connectivity index (χ2v) is 9.22. The number of likely N-dealkylation sites (tertiary alicyclic amines) is 1. The van der Waals surface area contributed by atoms with Crippen molar-refractivity contribution >= 4 is 0 Å². The Morgan fingerprint density at radius 1 is 0.867 bits per heavy atom. The minimum absolute atomic E-state index is 0.177. The number of rotatable bonds is 5. The van der Waals surface area contributed by atoms with Gasteiger partial charge in [0.1, 0.15) is 5.82 Å². The van der Waals surface area contributed by atoms with E-state index in [0.29, 0.717) is 11.3 Å². The maximum Gasteiger partial charge on any atom is 0.123 e. The van der Waals surface area contributed by atoms with Crippen LogP contribution in [0.5, 0.6) is 0 Å². The van der Waals surface area contributed by atoms with Gasteiger partial charge in [0.25, 0.3) is 0 Å². The largest absolute Gasteiger partial charge is 0.302 e. The lowest BCUT2D eigenvalue weighted by molar-refractivity contribution is 0.195. The Morgan fingerprint density at radius 3 is 2.23 bits per heavy atom. The predicted molar refractivity (Wildman–Crippen MR) is 122 cm³/mol. The van der Waals surface area contributed by atoms with E-state index in [2.05, 4.69) is 60.4 Å². The fourth-order valence-corrected chi connectivity index (χ4v) is 5.35. The predicted octanol–water partition coefficient (Wildman–Crippen LogP) is 6.71. The highest BCUT2D eigenvalue weighted by atomic mass is 19.1. The maximum absolute atomic E-state index is 13.3. The fourth-order valence-electron chi connectivity index (χ4n) is 5.35. The van der Waals surface area contributed by atoms with Crippen LogP contribution in [0.25, 0.3) is 11.1 Å². The minimum Gasteiger partial charge on any atom is -0.302 e. The van der Waals surface area contributed by atoms with Crippen molar-refractivity contribution in [3.05, 3.63) is 95.3 Å². The van der Waals surface area contributed by atoms with E-state index in [1.54, 1.807) is 12.1 Å². The Morgan fingerprint density at radius 2 is 1.57 bits per heavy atom. The van der Waals surface area contributed by atoms with E-state index in [9.17, 15) is 4.39 Å². The van der Waals surface area contributed by atoms with Crippen LogP contribution in [0.3, 0.4) is 0 Å². The highest BCUT2D eigenvalue weighted by Crippen LogP contribution is 2.49. The molecular weight excluding hydrogens is 369 g/mol. The second kappa shape index (κ2) is 8.00. The van der Waals surface area contributed by atoms with E-state index in [0.717, 1.165) is 5.56 Å². The van der Waals surface area contributed by atoms with Crippen molar-refractivity contribution in [1.82, 2.24) is 4.90 Å². The average Bonchev–Trinajstić information content (AvgIpc) is 3.57. The molecule has 5 rings (SSSR count). The molecular formula is C28H30FN. The van der Waals surface area contributed by atoms with Gasteiger partial charge in [-0.25, -0.2) is 4.39 Å². The van der Waals surface area contributed by atoms with Gasteiger partial charge in [0, 0.05) is 12.0 Å². The van der Waals surface area contributed by atoms with Crippen molar-refractivity contribution in [2.45, 2.75) is 43.9 Å². The first kappa shape index (κ1) is 19.5. The number of piperidine rings is 1. The maximum atomic E-state index is 13.3. The molecule has 0 N–H and O–H groups in total. The molecule has 30 heavy (non-hydrogen) atoms. The molecule has 1 saturated heterocycles. The first-order valence-corrected chi connectivity index (χ1v) is 11.3. The zero-order valence-corrected chi connectivity index (χ0v) is 17.8. The molecule has 0 amide bonds. The first-order valence-electron chi connectivity index (χ1n) is 11.3. The van der Waals surface area contributed by atoms with Gasteiger partial charge in [0.2, 0.25) is 0 Å². The Balaban J connectivity index is 1.27. The smallest absolute Gasteiger partial charge is 0.123 e. The van der Waals surface area contributed by atoms with Crippen LogP contribution in [0.4, 0.5) is 4.39 Å². The SMILES string of the molecule is Cc1c(-c2ccc(F)cc2)cccc1C1CCN(CC2(c3ccccc3)CC2)CC1. The summed E-state index contributed by atoms with van der Waals surface area (Å²) in [7, 11) is 0. The highest BCUT2D eigenvalue weighted by Gasteiger charge is 2.45. The summed E-state index contributed by atoms with van der Waals surface area (Å²) in [6.07, 6.45) is 5.10. The molecule has 0 aromatic heterocycles. The molecule has 3 aromatic rings. The number of halogens is 1. The molecule has 154 valence electrons. The van der Waals surface area contributed by atoms with Crippen molar-refractivity contribution in [3.8, 4) is 11.1 Å². The van der Waals surface area contributed by atoms with Gasteiger partial charge in [0.15, 0.2) is 0 Å². The molecule has 0 spiro atoms. The third-order valence-electron chi connectivity index (χ3n) is 7.32. The van der Waals surface area contributed by atoms with Gasteiger partial charge in [0.05, 0.1) is 0 Å². The van der Waals surface area contributed by atoms with Gasteiger partial charge < -0.3 is 4.90 Å². The third kappa shape index (κ3) is 3.81. The number of hydrogen-bond donors (Lipinski definition) is 0. The standard InChI is InChI=1S/C28H30FN/c1-21-26(22-10-12-25(29)13-11-22)8-5-9-27(21)23-14-18-30(19-15-23)20-28(16-17-28)24-6-3-2-4-7-24/h2-13,23H,14-20H2,1H3. The molecule has 0 unspecified atom stereocenters. The summed E-state index contributed by atoms with van der Waals surface area (Å²) in [4.78, 5) is 2.69. The van der Waals surface area contributed by atoms with Gasteiger partial charge in [-0.05, 0) is 91.6 Å². The van der Waals surface area contributed by atoms with E-state index < -0.39 is 0 Å². The topological polar surface area (TPSA) is 3.24 Å². The Kier molecular flexibility index (Phi) is 5.20. The summed E-state index contributed by atoms with van der Waals surface area (Å²) in [5, 5.41) is 0. The van der Waals surface area contributed by atoms with Crippen LogP contribution in [0.2, 0.25) is 0 Å². The van der Waals surface area contributed by atoms with Crippen LogP contribution in [-0.2, 0) is 5.41 Å². The number of nitrogens with zero attached hydrogens (tertiary/aromatic N) is 1. The second-order valence-electron chi connectivity index (χ2n) is 9.22. The van der Waals surface area contributed by atoms with Crippen molar-refractivity contribution in [2.75, 3.05) is 19.6 Å². The monoisotopic (exact) mass is 399 g/mol. The molecule has 1 heterocycles. The zero-order chi connectivity index (χ0) is 20.6. The average molecular weight is 400 g/mol.